The Balaban J connectivity index is 1.22. The maximum absolute atomic E-state index is 12.8. The van der Waals surface area contributed by atoms with Gasteiger partial charge in [-0.2, -0.15) is 0 Å². The van der Waals surface area contributed by atoms with Crippen LogP contribution in [0, 0.1) is 0 Å². The Morgan fingerprint density at radius 2 is 1.05 bits per heavy atom. The second kappa shape index (κ2) is 14.5. The first-order valence-electron chi connectivity index (χ1n) is 13.4. The van der Waals surface area contributed by atoms with Gasteiger partial charge in [0.15, 0.2) is 11.6 Å². The van der Waals surface area contributed by atoms with E-state index >= 15 is 0 Å². The van der Waals surface area contributed by atoms with E-state index in [2.05, 4.69) is 5.32 Å². The molecule has 0 unspecified atom stereocenters. The van der Waals surface area contributed by atoms with E-state index in [-0.39, 0.29) is 30.5 Å². The van der Waals surface area contributed by atoms with Gasteiger partial charge in [-0.1, -0.05) is 0 Å². The number of aromatic hydroxyl groups is 1. The second-order valence-electron chi connectivity index (χ2n) is 9.37. The Kier molecular flexibility index (Phi) is 10.3. The van der Waals surface area contributed by atoms with Crippen LogP contribution >= 0.6 is 0 Å². The number of likely N-dealkylation sites (N-methyl/N-ethyl adjacent to an activating group) is 2. The summed E-state index contributed by atoms with van der Waals surface area (Å²) >= 11 is 0. The first-order chi connectivity index (χ1) is 20.3. The number of ketones is 2. The van der Waals surface area contributed by atoms with Crippen LogP contribution in [-0.2, 0) is 0 Å². The van der Waals surface area contributed by atoms with Crippen LogP contribution < -0.4 is 19.5 Å². The summed E-state index contributed by atoms with van der Waals surface area (Å²) in [6, 6.07) is 26.1. The fourth-order valence-corrected chi connectivity index (χ4v) is 3.87. The smallest absolute Gasteiger partial charge is 0.415 e. The van der Waals surface area contributed by atoms with Gasteiger partial charge in [0.2, 0.25) is 0 Å². The molecule has 0 atom stereocenters. The molecule has 0 heterocycles. The fraction of sp³-hybridized carbons (Fsp3) is 0.182. The molecular formula is C33H32N2O7. The minimum absolute atomic E-state index is 0.0961. The number of nitrogens with one attached hydrogen (secondary N) is 1. The zero-order valence-electron chi connectivity index (χ0n) is 23.4. The number of carbonyl (C=O) groups is 3. The number of amides is 1. The molecule has 9 nitrogen and oxygen atoms in total. The van der Waals surface area contributed by atoms with Gasteiger partial charge in [-0.15, -0.1) is 0 Å². The molecule has 4 aromatic carbocycles. The molecule has 1 amide bonds. The molecule has 0 saturated heterocycles. The molecule has 0 aliphatic rings. The molecule has 4 rings (SSSR count). The SMILES string of the molecule is CNCCOc1ccc(C(=O)c2ccc(OC(=O)N(C)CCOc3ccc(C(=O)c4ccc(O)cc4)cc3)cc2)cc1. The van der Waals surface area contributed by atoms with Crippen molar-refractivity contribution in [1.29, 1.82) is 0 Å². The van der Waals surface area contributed by atoms with E-state index in [9.17, 15) is 19.5 Å². The van der Waals surface area contributed by atoms with E-state index < -0.39 is 6.09 Å². The molecule has 0 saturated carbocycles. The van der Waals surface area contributed by atoms with E-state index in [0.29, 0.717) is 46.1 Å². The van der Waals surface area contributed by atoms with Gasteiger partial charge < -0.3 is 29.5 Å². The lowest BCUT2D eigenvalue weighted by molar-refractivity contribution is 0.103. The van der Waals surface area contributed by atoms with Crippen LogP contribution in [-0.4, -0.2) is 68.1 Å². The summed E-state index contributed by atoms with van der Waals surface area (Å²) in [5.41, 5.74) is 1.96. The zero-order chi connectivity index (χ0) is 29.9. The summed E-state index contributed by atoms with van der Waals surface area (Å²) in [7, 11) is 3.44. The number of benzene rings is 4. The maximum Gasteiger partial charge on any atom is 0.415 e. The largest absolute Gasteiger partial charge is 0.508 e. The lowest BCUT2D eigenvalue weighted by atomic mass is 10.0. The molecule has 42 heavy (non-hydrogen) atoms. The monoisotopic (exact) mass is 568 g/mol. The van der Waals surface area contributed by atoms with Crippen LogP contribution in [0.5, 0.6) is 23.0 Å². The summed E-state index contributed by atoms with van der Waals surface area (Å²) < 4.78 is 16.7. The predicted molar refractivity (Wildman–Crippen MR) is 158 cm³/mol. The Hall–Kier alpha value is -5.15. The lowest BCUT2D eigenvalue weighted by Gasteiger charge is -2.17. The second-order valence-corrected chi connectivity index (χ2v) is 9.37. The summed E-state index contributed by atoms with van der Waals surface area (Å²) in [6.45, 7) is 1.74. The number of nitrogens with zero attached hydrogens (tertiary/aromatic N) is 1. The van der Waals surface area contributed by atoms with Crippen molar-refractivity contribution >= 4 is 17.7 Å². The third-order valence-electron chi connectivity index (χ3n) is 6.31. The number of ether oxygens (including phenoxy) is 3. The maximum atomic E-state index is 12.8. The molecule has 9 heteroatoms. The Morgan fingerprint density at radius 1 is 0.643 bits per heavy atom. The van der Waals surface area contributed by atoms with Crippen molar-refractivity contribution in [1.82, 2.24) is 10.2 Å². The average Bonchev–Trinajstić information content (AvgIpc) is 3.02. The number of phenolic OH excluding ortho intramolecular Hbond substituents is 1. The van der Waals surface area contributed by atoms with Gasteiger partial charge in [0.25, 0.3) is 0 Å². The highest BCUT2D eigenvalue weighted by molar-refractivity contribution is 6.09. The molecular weight excluding hydrogens is 536 g/mol. The van der Waals surface area contributed by atoms with Gasteiger partial charge in [0.1, 0.15) is 36.2 Å². The van der Waals surface area contributed by atoms with Crippen LogP contribution in [0.4, 0.5) is 4.79 Å². The topological polar surface area (TPSA) is 114 Å². The number of carbonyl (C=O) groups excluding carboxylic acids is 3. The molecule has 0 aliphatic heterocycles. The fourth-order valence-electron chi connectivity index (χ4n) is 3.87. The van der Waals surface area contributed by atoms with E-state index in [1.54, 1.807) is 92.0 Å². The first-order valence-corrected chi connectivity index (χ1v) is 13.4. The minimum atomic E-state index is -0.568. The van der Waals surface area contributed by atoms with Crippen LogP contribution in [0.2, 0.25) is 0 Å². The molecule has 0 spiro atoms. The molecule has 216 valence electrons. The zero-order valence-corrected chi connectivity index (χ0v) is 23.4. The summed E-state index contributed by atoms with van der Waals surface area (Å²) in [4.78, 5) is 39.3. The molecule has 4 aromatic rings. The number of rotatable bonds is 13. The molecule has 2 N–H and O–H groups in total. The van der Waals surface area contributed by atoms with Crippen molar-refractivity contribution in [3.63, 3.8) is 0 Å². The number of phenols is 1. The highest BCUT2D eigenvalue weighted by atomic mass is 16.6. The Bertz CT molecular complexity index is 1480. The quantitative estimate of drug-likeness (QED) is 0.172. The minimum Gasteiger partial charge on any atom is -0.508 e. The Morgan fingerprint density at radius 3 is 1.50 bits per heavy atom. The van der Waals surface area contributed by atoms with Gasteiger partial charge in [0.05, 0.1) is 6.54 Å². The van der Waals surface area contributed by atoms with Gasteiger partial charge >= 0.3 is 6.09 Å². The van der Waals surface area contributed by atoms with Crippen LogP contribution in [0.3, 0.4) is 0 Å². The van der Waals surface area contributed by atoms with Crippen molar-refractivity contribution in [3.8, 4) is 23.0 Å². The first kappa shape index (κ1) is 29.8. The van der Waals surface area contributed by atoms with Crippen LogP contribution in [0.1, 0.15) is 31.8 Å². The third kappa shape index (κ3) is 8.18. The van der Waals surface area contributed by atoms with Crippen molar-refractivity contribution in [2.75, 3.05) is 40.4 Å². The molecule has 0 aromatic heterocycles. The van der Waals surface area contributed by atoms with Crippen molar-refractivity contribution < 1.29 is 33.7 Å². The normalized spacial score (nSPS) is 10.5. The van der Waals surface area contributed by atoms with E-state index in [1.807, 2.05) is 7.05 Å². The standard InChI is InChI=1S/C33H32N2O7/c1-34-19-21-40-28-13-5-25(6-14-28)32(38)26-9-17-30(18-10-26)42-33(39)35(2)20-22-41-29-15-7-24(8-16-29)31(37)23-3-11-27(36)12-4-23/h3-18,34,36H,19-22H2,1-2H3. The van der Waals surface area contributed by atoms with Gasteiger partial charge in [-0.3, -0.25) is 9.59 Å². The van der Waals surface area contributed by atoms with E-state index in [4.69, 9.17) is 14.2 Å². The molecule has 0 radical (unpaired) electrons. The predicted octanol–water partition coefficient (Wildman–Crippen LogP) is 4.96. The van der Waals surface area contributed by atoms with Gasteiger partial charge in [0, 0.05) is 35.8 Å². The molecule has 0 fully saturated rings. The summed E-state index contributed by atoms with van der Waals surface area (Å²) in [5, 5.41) is 12.4. The van der Waals surface area contributed by atoms with Crippen molar-refractivity contribution in [2.24, 2.45) is 0 Å². The Labute approximate surface area is 244 Å². The van der Waals surface area contributed by atoms with Crippen LogP contribution in [0.25, 0.3) is 0 Å². The average molecular weight is 569 g/mol. The van der Waals surface area contributed by atoms with Gasteiger partial charge in [-0.05, 0) is 104 Å². The third-order valence-corrected chi connectivity index (χ3v) is 6.31. The van der Waals surface area contributed by atoms with E-state index in [0.717, 1.165) is 6.54 Å². The summed E-state index contributed by atoms with van der Waals surface area (Å²) in [6.07, 6.45) is -0.568. The molecule has 0 bridgehead atoms. The highest BCUT2D eigenvalue weighted by Crippen LogP contribution is 2.20. The highest BCUT2D eigenvalue weighted by Gasteiger charge is 2.14. The van der Waals surface area contributed by atoms with Crippen LogP contribution in [0.15, 0.2) is 97.1 Å². The van der Waals surface area contributed by atoms with E-state index in [1.165, 1.54) is 17.0 Å². The number of hydrogen-bond acceptors (Lipinski definition) is 8. The lowest BCUT2D eigenvalue weighted by Crippen LogP contribution is -2.33. The summed E-state index contributed by atoms with van der Waals surface area (Å²) in [5.74, 6) is 1.33. The molecule has 0 aliphatic carbocycles. The van der Waals surface area contributed by atoms with Crippen molar-refractivity contribution in [2.45, 2.75) is 0 Å². The van der Waals surface area contributed by atoms with Crippen molar-refractivity contribution in [3.05, 3.63) is 119 Å². The van der Waals surface area contributed by atoms with Gasteiger partial charge in [-0.25, -0.2) is 4.79 Å². The number of hydrogen-bond donors (Lipinski definition) is 2.